The number of hydrazone groups is 1. The average Bonchev–Trinajstić information content (AvgIpc) is 2.98. The fourth-order valence-electron chi connectivity index (χ4n) is 4.96. The Labute approximate surface area is 236 Å². The van der Waals surface area contributed by atoms with Gasteiger partial charge in [-0.15, -0.1) is 0 Å². The predicted molar refractivity (Wildman–Crippen MR) is 162 cm³/mol. The molecular formula is C32H39N5O3. The number of likely N-dealkylation sites (tertiary alicyclic amines) is 1. The van der Waals surface area contributed by atoms with Gasteiger partial charge in [-0.1, -0.05) is 44.2 Å². The van der Waals surface area contributed by atoms with E-state index in [0.29, 0.717) is 5.92 Å². The van der Waals surface area contributed by atoms with Crippen LogP contribution in [0.3, 0.4) is 0 Å². The molecule has 1 aliphatic heterocycles. The van der Waals surface area contributed by atoms with Crippen LogP contribution in [0.1, 0.15) is 63.0 Å². The van der Waals surface area contributed by atoms with Crippen molar-refractivity contribution in [2.45, 2.75) is 51.9 Å². The highest BCUT2D eigenvalue weighted by Crippen LogP contribution is 2.30. The van der Waals surface area contributed by atoms with Crippen molar-refractivity contribution < 1.29 is 9.72 Å². The molecule has 0 saturated carbocycles. The minimum absolute atomic E-state index is 0.0384. The molecule has 3 aromatic carbocycles. The molecule has 3 aromatic rings. The number of anilines is 2. The Morgan fingerprint density at radius 2 is 1.68 bits per heavy atom. The van der Waals surface area contributed by atoms with Crippen LogP contribution in [0.2, 0.25) is 0 Å². The van der Waals surface area contributed by atoms with Crippen molar-refractivity contribution >= 4 is 28.7 Å². The first kappa shape index (κ1) is 29.0. The summed E-state index contributed by atoms with van der Waals surface area (Å²) in [5.74, 6) is 0.519. The molecule has 0 aliphatic carbocycles. The lowest BCUT2D eigenvalue weighted by Gasteiger charge is -2.32. The molecule has 210 valence electrons. The summed E-state index contributed by atoms with van der Waals surface area (Å²) in [5, 5.41) is 18.7. The maximum absolute atomic E-state index is 12.1. The highest BCUT2D eigenvalue weighted by Gasteiger charge is 2.21. The molecule has 0 atom stereocenters. The number of carbonyl (C=O) groups is 1. The molecular weight excluding hydrogens is 502 g/mol. The van der Waals surface area contributed by atoms with Crippen LogP contribution in [0, 0.1) is 16.0 Å². The van der Waals surface area contributed by atoms with E-state index < -0.39 is 0 Å². The Hall–Kier alpha value is -4.04. The first-order valence-electron chi connectivity index (χ1n) is 14.1. The van der Waals surface area contributed by atoms with Crippen LogP contribution in [-0.4, -0.2) is 41.1 Å². The molecule has 0 aromatic heterocycles. The number of nitrogens with one attached hydrogen (secondary N) is 2. The second kappa shape index (κ2) is 14.4. The highest BCUT2D eigenvalue weighted by atomic mass is 16.6. The first-order valence-corrected chi connectivity index (χ1v) is 14.1. The van der Waals surface area contributed by atoms with Crippen LogP contribution in [-0.2, 0) is 4.79 Å². The molecule has 40 heavy (non-hydrogen) atoms. The molecule has 1 amide bonds. The van der Waals surface area contributed by atoms with Crippen molar-refractivity contribution in [1.29, 1.82) is 0 Å². The molecule has 1 saturated heterocycles. The van der Waals surface area contributed by atoms with Gasteiger partial charge in [-0.05, 0) is 105 Å². The number of nitrogens with zero attached hydrogens (tertiary/aromatic N) is 3. The summed E-state index contributed by atoms with van der Waals surface area (Å²) >= 11 is 0. The summed E-state index contributed by atoms with van der Waals surface area (Å²) in [6.45, 7) is 6.97. The number of benzene rings is 3. The number of carbonyl (C=O) groups excluding carboxylic acids is 1. The van der Waals surface area contributed by atoms with E-state index in [1.165, 1.54) is 17.7 Å². The number of hydrogen-bond acceptors (Lipinski definition) is 6. The number of amides is 1. The van der Waals surface area contributed by atoms with Crippen molar-refractivity contribution in [1.82, 2.24) is 4.90 Å². The van der Waals surface area contributed by atoms with Crippen LogP contribution < -0.4 is 10.7 Å². The third-order valence-corrected chi connectivity index (χ3v) is 7.38. The summed E-state index contributed by atoms with van der Waals surface area (Å²) in [5.41, 5.74) is 8.07. The first-order chi connectivity index (χ1) is 19.4. The van der Waals surface area contributed by atoms with Crippen LogP contribution in [0.4, 0.5) is 17.1 Å². The van der Waals surface area contributed by atoms with Crippen molar-refractivity contribution in [3.05, 3.63) is 100 Å². The molecule has 8 nitrogen and oxygen atoms in total. The zero-order chi connectivity index (χ0) is 28.3. The lowest BCUT2D eigenvalue weighted by Crippen LogP contribution is -2.33. The van der Waals surface area contributed by atoms with Crippen LogP contribution in [0.15, 0.2) is 84.0 Å². The number of unbranched alkanes of at least 4 members (excludes halogenated alkanes) is 1. The number of rotatable bonds is 12. The molecule has 4 rings (SSSR count). The maximum Gasteiger partial charge on any atom is 0.269 e. The fourth-order valence-corrected chi connectivity index (χ4v) is 4.96. The maximum atomic E-state index is 12.1. The second-order valence-electron chi connectivity index (χ2n) is 10.7. The Morgan fingerprint density at radius 3 is 2.35 bits per heavy atom. The smallest absolute Gasteiger partial charge is 0.269 e. The summed E-state index contributed by atoms with van der Waals surface area (Å²) in [6.07, 6.45) is 5.03. The number of non-ortho nitro benzene ring substituents is 1. The van der Waals surface area contributed by atoms with E-state index in [1.54, 1.807) is 12.1 Å². The van der Waals surface area contributed by atoms with Crippen LogP contribution in [0.25, 0.3) is 0 Å². The molecule has 0 bridgehead atoms. The number of hydrogen-bond donors (Lipinski definition) is 2. The van der Waals surface area contributed by atoms with Gasteiger partial charge in [0.25, 0.3) is 5.69 Å². The van der Waals surface area contributed by atoms with E-state index in [0.717, 1.165) is 74.4 Å². The third kappa shape index (κ3) is 8.48. The average molecular weight is 542 g/mol. The van der Waals surface area contributed by atoms with Crippen molar-refractivity contribution in [3.8, 4) is 0 Å². The predicted octanol–water partition coefficient (Wildman–Crippen LogP) is 7.06. The van der Waals surface area contributed by atoms with E-state index in [1.807, 2.05) is 56.3 Å². The van der Waals surface area contributed by atoms with Gasteiger partial charge in [-0.3, -0.25) is 20.3 Å². The van der Waals surface area contributed by atoms with Gasteiger partial charge in [0, 0.05) is 23.7 Å². The molecule has 0 radical (unpaired) electrons. The van der Waals surface area contributed by atoms with Crippen molar-refractivity contribution in [2.75, 3.05) is 30.4 Å². The zero-order valence-corrected chi connectivity index (χ0v) is 23.4. The molecule has 1 heterocycles. The fraction of sp³-hybridized carbons (Fsp3) is 0.375. The SMILES string of the molecule is CC(C)C(=O)Nc1cccc(C2CCN(CCCC/C(=N/Nc3ccccc3)c3ccc([N+](=O)[O-])cc3)CC2)c1. The standard InChI is InChI=1S/C32H39N5O3/c1-24(2)32(38)33-29-12-8-9-27(23-29)25-18-21-36(22-19-25)20-7-6-13-31(35-34-28-10-4-3-5-11-28)26-14-16-30(17-15-26)37(39)40/h3-5,8-12,14-17,23-25,34H,6-7,13,18-22H2,1-2H3,(H,33,38)/b35-31-. The van der Waals surface area contributed by atoms with Crippen LogP contribution in [0.5, 0.6) is 0 Å². The lowest BCUT2D eigenvalue weighted by atomic mass is 9.89. The topological polar surface area (TPSA) is 99.9 Å². The normalized spacial score (nSPS) is 14.7. The molecule has 0 unspecified atom stereocenters. The molecule has 8 heteroatoms. The summed E-state index contributed by atoms with van der Waals surface area (Å²) in [6, 6.07) is 24.7. The number of para-hydroxylation sites is 1. The van der Waals surface area contributed by atoms with Crippen molar-refractivity contribution in [2.24, 2.45) is 11.0 Å². The summed E-state index contributed by atoms with van der Waals surface area (Å²) < 4.78 is 0. The third-order valence-electron chi connectivity index (χ3n) is 7.38. The molecule has 0 spiro atoms. The molecule has 2 N–H and O–H groups in total. The van der Waals surface area contributed by atoms with E-state index in [4.69, 9.17) is 0 Å². The largest absolute Gasteiger partial charge is 0.326 e. The summed E-state index contributed by atoms with van der Waals surface area (Å²) in [7, 11) is 0. The van der Waals surface area contributed by atoms with Gasteiger partial charge >= 0.3 is 0 Å². The Morgan fingerprint density at radius 1 is 0.975 bits per heavy atom. The van der Waals surface area contributed by atoms with Gasteiger partial charge in [0.15, 0.2) is 0 Å². The van der Waals surface area contributed by atoms with Gasteiger partial charge in [0.1, 0.15) is 0 Å². The molecule has 1 aliphatic rings. The summed E-state index contributed by atoms with van der Waals surface area (Å²) in [4.78, 5) is 25.3. The van der Waals surface area contributed by atoms with Gasteiger partial charge in [-0.2, -0.15) is 5.10 Å². The van der Waals surface area contributed by atoms with Crippen molar-refractivity contribution in [3.63, 3.8) is 0 Å². The lowest BCUT2D eigenvalue weighted by molar-refractivity contribution is -0.384. The quantitative estimate of drug-likeness (QED) is 0.111. The Balaban J connectivity index is 1.27. The minimum atomic E-state index is -0.382. The minimum Gasteiger partial charge on any atom is -0.326 e. The molecule has 1 fully saturated rings. The number of nitro benzene ring substituents is 1. The highest BCUT2D eigenvalue weighted by molar-refractivity contribution is 6.01. The van der Waals surface area contributed by atoms with Crippen LogP contribution >= 0.6 is 0 Å². The van der Waals surface area contributed by atoms with Gasteiger partial charge in [-0.25, -0.2) is 0 Å². The van der Waals surface area contributed by atoms with E-state index in [2.05, 4.69) is 32.9 Å². The monoisotopic (exact) mass is 541 g/mol. The Kier molecular flexibility index (Phi) is 10.4. The van der Waals surface area contributed by atoms with Gasteiger partial charge in [0.2, 0.25) is 5.91 Å². The second-order valence-corrected chi connectivity index (χ2v) is 10.7. The van der Waals surface area contributed by atoms with Gasteiger partial charge in [0.05, 0.1) is 16.3 Å². The zero-order valence-electron chi connectivity index (χ0n) is 23.4. The van der Waals surface area contributed by atoms with E-state index >= 15 is 0 Å². The van der Waals surface area contributed by atoms with Gasteiger partial charge < -0.3 is 10.2 Å². The number of piperidine rings is 1. The van der Waals surface area contributed by atoms with E-state index in [9.17, 15) is 14.9 Å². The Bertz CT molecular complexity index is 1280. The number of nitro groups is 1. The van der Waals surface area contributed by atoms with E-state index in [-0.39, 0.29) is 22.4 Å².